The van der Waals surface area contributed by atoms with E-state index in [0.29, 0.717) is 12.2 Å². The lowest BCUT2D eigenvalue weighted by atomic mass is 10.2. The first-order chi connectivity index (χ1) is 12.0. The second kappa shape index (κ2) is 5.89. The van der Waals surface area contributed by atoms with Crippen LogP contribution in [0.3, 0.4) is 0 Å². The Kier molecular flexibility index (Phi) is 3.69. The van der Waals surface area contributed by atoms with Crippen molar-refractivity contribution in [2.75, 3.05) is 4.90 Å². The number of amides is 2. The predicted octanol–water partition coefficient (Wildman–Crippen LogP) is 4.54. The van der Waals surface area contributed by atoms with Crippen LogP contribution in [0, 0.1) is 5.82 Å². The number of hydrogen-bond donors (Lipinski definition) is 0. The zero-order valence-electron chi connectivity index (χ0n) is 13.1. The van der Waals surface area contributed by atoms with Gasteiger partial charge >= 0.3 is 0 Å². The summed E-state index contributed by atoms with van der Waals surface area (Å²) in [6, 6.07) is 13.9. The minimum atomic E-state index is -0.399. The Morgan fingerprint density at radius 1 is 1.08 bits per heavy atom. The normalized spacial score (nSPS) is 14.8. The summed E-state index contributed by atoms with van der Waals surface area (Å²) in [7, 11) is 0. The number of fused-ring (bicyclic) bond motifs is 1. The highest BCUT2D eigenvalue weighted by atomic mass is 32.2. The average Bonchev–Trinajstić information content (AvgIpc) is 3.05. The van der Waals surface area contributed by atoms with E-state index in [2.05, 4.69) is 6.58 Å². The van der Waals surface area contributed by atoms with Crippen molar-refractivity contribution in [3.8, 4) is 0 Å². The molecule has 4 nitrogen and oxygen atoms in total. The standard InChI is InChI=1S/C19H13FN2O2S/c1-12-18(23)22(19(24)25-12)17-11-21(16-8-3-2-7-15(16)17)10-13-5-4-6-14(20)9-13/h2-9,11H,1,10H2. The average molecular weight is 352 g/mol. The molecule has 2 heterocycles. The van der Waals surface area contributed by atoms with E-state index in [-0.39, 0.29) is 16.0 Å². The molecule has 0 unspecified atom stereocenters. The van der Waals surface area contributed by atoms with Crippen LogP contribution < -0.4 is 4.90 Å². The lowest BCUT2D eigenvalue weighted by Gasteiger charge is -2.10. The van der Waals surface area contributed by atoms with Crippen molar-refractivity contribution in [2.45, 2.75) is 6.54 Å². The summed E-state index contributed by atoms with van der Waals surface area (Å²) < 4.78 is 15.4. The van der Waals surface area contributed by atoms with Gasteiger partial charge in [-0.1, -0.05) is 36.9 Å². The molecule has 124 valence electrons. The van der Waals surface area contributed by atoms with Crippen molar-refractivity contribution in [2.24, 2.45) is 0 Å². The van der Waals surface area contributed by atoms with Gasteiger partial charge in [0.25, 0.3) is 11.1 Å². The summed E-state index contributed by atoms with van der Waals surface area (Å²) in [6.45, 7) is 4.06. The number of thioether (sulfide) groups is 1. The fourth-order valence-corrected chi connectivity index (χ4v) is 3.64. The third-order valence-corrected chi connectivity index (χ3v) is 4.86. The van der Waals surface area contributed by atoms with E-state index in [1.165, 1.54) is 12.1 Å². The molecule has 1 aromatic heterocycles. The zero-order chi connectivity index (χ0) is 17.6. The number of benzene rings is 2. The Morgan fingerprint density at radius 3 is 2.60 bits per heavy atom. The van der Waals surface area contributed by atoms with Crippen molar-refractivity contribution < 1.29 is 14.0 Å². The fourth-order valence-electron chi connectivity index (χ4n) is 2.98. The van der Waals surface area contributed by atoms with Gasteiger partial charge in [0, 0.05) is 18.1 Å². The lowest BCUT2D eigenvalue weighted by molar-refractivity contribution is -0.113. The van der Waals surface area contributed by atoms with Crippen molar-refractivity contribution >= 4 is 39.5 Å². The van der Waals surface area contributed by atoms with Gasteiger partial charge in [0.2, 0.25) is 0 Å². The van der Waals surface area contributed by atoms with Gasteiger partial charge in [-0.15, -0.1) is 0 Å². The quantitative estimate of drug-likeness (QED) is 0.650. The topological polar surface area (TPSA) is 42.3 Å². The highest BCUT2D eigenvalue weighted by Gasteiger charge is 2.36. The van der Waals surface area contributed by atoms with Gasteiger partial charge in [-0.2, -0.15) is 0 Å². The number of carbonyl (C=O) groups excluding carboxylic acids is 2. The van der Waals surface area contributed by atoms with Crippen LogP contribution in [0.2, 0.25) is 0 Å². The maximum absolute atomic E-state index is 13.5. The third kappa shape index (κ3) is 2.64. The second-order valence-corrected chi connectivity index (χ2v) is 6.77. The Morgan fingerprint density at radius 2 is 1.88 bits per heavy atom. The van der Waals surface area contributed by atoms with Crippen molar-refractivity contribution in [3.63, 3.8) is 0 Å². The number of carbonyl (C=O) groups is 2. The number of nitrogens with zero attached hydrogens (tertiary/aromatic N) is 2. The maximum Gasteiger partial charge on any atom is 0.298 e. The summed E-state index contributed by atoms with van der Waals surface area (Å²) in [5.41, 5.74) is 2.18. The number of rotatable bonds is 3. The molecule has 4 rings (SSSR count). The summed E-state index contributed by atoms with van der Waals surface area (Å²) in [5.74, 6) is -0.699. The molecular formula is C19H13FN2O2S. The number of para-hydroxylation sites is 1. The van der Waals surface area contributed by atoms with Gasteiger partial charge in [-0.25, -0.2) is 9.29 Å². The van der Waals surface area contributed by atoms with E-state index < -0.39 is 5.91 Å². The molecular weight excluding hydrogens is 339 g/mol. The largest absolute Gasteiger partial charge is 0.341 e. The van der Waals surface area contributed by atoms with E-state index in [9.17, 15) is 14.0 Å². The van der Waals surface area contributed by atoms with Crippen LogP contribution >= 0.6 is 11.8 Å². The van der Waals surface area contributed by atoms with Crippen LogP contribution in [0.5, 0.6) is 0 Å². The lowest BCUT2D eigenvalue weighted by Crippen LogP contribution is -2.27. The van der Waals surface area contributed by atoms with Crippen molar-refractivity contribution in [3.05, 3.63) is 77.6 Å². The minimum absolute atomic E-state index is 0.215. The summed E-state index contributed by atoms with van der Waals surface area (Å²) in [6.07, 6.45) is 1.75. The number of aromatic nitrogens is 1. The highest BCUT2D eigenvalue weighted by Crippen LogP contribution is 2.38. The first-order valence-electron chi connectivity index (χ1n) is 7.62. The molecule has 2 aromatic carbocycles. The number of hydrogen-bond acceptors (Lipinski definition) is 3. The molecule has 1 aliphatic heterocycles. The molecule has 1 saturated heterocycles. The van der Waals surface area contributed by atoms with Crippen LogP contribution in [0.15, 0.2) is 66.2 Å². The van der Waals surface area contributed by atoms with E-state index in [4.69, 9.17) is 0 Å². The zero-order valence-corrected chi connectivity index (χ0v) is 13.9. The van der Waals surface area contributed by atoms with E-state index in [1.807, 2.05) is 34.9 Å². The molecule has 0 atom stereocenters. The molecule has 3 aromatic rings. The molecule has 0 radical (unpaired) electrons. The van der Waals surface area contributed by atoms with Gasteiger partial charge in [-0.3, -0.25) is 9.59 Å². The van der Waals surface area contributed by atoms with Crippen molar-refractivity contribution in [1.29, 1.82) is 0 Å². The molecule has 0 saturated carbocycles. The Labute approximate surface area is 147 Å². The first-order valence-corrected chi connectivity index (χ1v) is 8.44. The molecule has 1 fully saturated rings. The number of halogens is 1. The summed E-state index contributed by atoms with van der Waals surface area (Å²) in [5, 5.41) is 0.430. The highest BCUT2D eigenvalue weighted by molar-refractivity contribution is 8.18. The molecule has 25 heavy (non-hydrogen) atoms. The van der Waals surface area contributed by atoms with Gasteiger partial charge < -0.3 is 4.57 Å². The molecule has 0 bridgehead atoms. The maximum atomic E-state index is 13.5. The van der Waals surface area contributed by atoms with Crippen LogP contribution in [0.4, 0.5) is 14.9 Å². The van der Waals surface area contributed by atoms with E-state index in [0.717, 1.165) is 33.1 Å². The molecule has 2 amide bonds. The molecule has 0 spiro atoms. The van der Waals surface area contributed by atoms with Crippen LogP contribution in [-0.2, 0) is 11.3 Å². The van der Waals surface area contributed by atoms with E-state index >= 15 is 0 Å². The van der Waals surface area contributed by atoms with E-state index in [1.54, 1.807) is 12.3 Å². The number of anilines is 1. The van der Waals surface area contributed by atoms with Crippen LogP contribution in [0.25, 0.3) is 10.9 Å². The second-order valence-electron chi connectivity index (χ2n) is 5.72. The Bertz CT molecular complexity index is 1040. The number of imide groups is 1. The third-order valence-electron chi connectivity index (χ3n) is 4.09. The van der Waals surface area contributed by atoms with Gasteiger partial charge in [-0.05, 0) is 35.5 Å². The van der Waals surface area contributed by atoms with Crippen LogP contribution in [-0.4, -0.2) is 15.7 Å². The smallest absolute Gasteiger partial charge is 0.298 e. The Balaban J connectivity index is 1.83. The van der Waals surface area contributed by atoms with Gasteiger partial charge in [0.05, 0.1) is 16.1 Å². The fraction of sp³-hybridized carbons (Fsp3) is 0.0526. The SMILES string of the molecule is C=C1SC(=O)N(c2cn(Cc3cccc(F)c3)c3ccccc23)C1=O. The minimum Gasteiger partial charge on any atom is -0.341 e. The monoisotopic (exact) mass is 352 g/mol. The van der Waals surface area contributed by atoms with Crippen LogP contribution in [0.1, 0.15) is 5.56 Å². The molecule has 1 aliphatic rings. The molecule has 0 aliphatic carbocycles. The molecule has 0 N–H and O–H groups in total. The summed E-state index contributed by atoms with van der Waals surface area (Å²) in [4.78, 5) is 25.9. The predicted molar refractivity (Wildman–Crippen MR) is 97.1 cm³/mol. The summed E-state index contributed by atoms with van der Waals surface area (Å²) >= 11 is 0.839. The first kappa shape index (κ1) is 15.7. The van der Waals surface area contributed by atoms with Gasteiger partial charge in [0.15, 0.2) is 0 Å². The molecule has 6 heteroatoms. The Hall–Kier alpha value is -2.86. The van der Waals surface area contributed by atoms with Gasteiger partial charge in [0.1, 0.15) is 5.82 Å². The van der Waals surface area contributed by atoms with Crippen molar-refractivity contribution in [1.82, 2.24) is 4.57 Å².